The maximum atomic E-state index is 9.36. The molecule has 0 radical (unpaired) electrons. The van der Waals surface area contributed by atoms with Gasteiger partial charge in [-0.15, -0.1) is 0 Å². The van der Waals surface area contributed by atoms with Crippen LogP contribution in [0.4, 0.5) is 11.6 Å². The van der Waals surface area contributed by atoms with Crippen molar-refractivity contribution in [2.24, 2.45) is 7.05 Å². The van der Waals surface area contributed by atoms with Crippen LogP contribution >= 0.6 is 0 Å². The van der Waals surface area contributed by atoms with Crippen LogP contribution in [0.5, 0.6) is 5.75 Å². The zero-order valence-electron chi connectivity index (χ0n) is 13.1. The van der Waals surface area contributed by atoms with Crippen molar-refractivity contribution < 1.29 is 5.11 Å². The smallest absolute Gasteiger partial charge is 0.227 e. The third kappa shape index (κ3) is 2.56. The van der Waals surface area contributed by atoms with Gasteiger partial charge in [0.05, 0.1) is 5.69 Å². The van der Waals surface area contributed by atoms with Crippen LogP contribution in [0.25, 0.3) is 22.2 Å². The van der Waals surface area contributed by atoms with Crippen molar-refractivity contribution in [1.82, 2.24) is 14.5 Å². The summed E-state index contributed by atoms with van der Waals surface area (Å²) in [7, 11) is 2.03. The Morgan fingerprint density at radius 2 is 1.79 bits per heavy atom. The molecule has 0 atom stereocenters. The van der Waals surface area contributed by atoms with Gasteiger partial charge in [-0.3, -0.25) is 0 Å². The van der Waals surface area contributed by atoms with Crippen LogP contribution in [0.2, 0.25) is 0 Å². The third-order valence-corrected chi connectivity index (χ3v) is 3.95. The lowest BCUT2D eigenvalue weighted by atomic mass is 10.1. The maximum Gasteiger partial charge on any atom is 0.227 e. The third-order valence-electron chi connectivity index (χ3n) is 3.95. The molecule has 5 heteroatoms. The first-order valence-corrected chi connectivity index (χ1v) is 7.64. The summed E-state index contributed by atoms with van der Waals surface area (Å²) in [5.41, 5.74) is 3.93. The highest BCUT2D eigenvalue weighted by Crippen LogP contribution is 2.29. The molecule has 0 unspecified atom stereocenters. The number of anilines is 2. The minimum atomic E-state index is 0.228. The van der Waals surface area contributed by atoms with Crippen molar-refractivity contribution >= 4 is 22.5 Å². The summed E-state index contributed by atoms with van der Waals surface area (Å²) in [6.45, 7) is 0. The SMILES string of the molecule is Cn1cc(-c2ccnc(Nc3ccc(O)cc3)n2)c2ccccc21. The number of fused-ring (bicyclic) bond motifs is 1. The van der Waals surface area contributed by atoms with E-state index in [1.165, 1.54) is 5.52 Å². The summed E-state index contributed by atoms with van der Waals surface area (Å²) in [6, 6.07) is 17.0. The highest BCUT2D eigenvalue weighted by molar-refractivity contribution is 5.95. The molecule has 2 heterocycles. The Morgan fingerprint density at radius 3 is 2.62 bits per heavy atom. The van der Waals surface area contributed by atoms with E-state index in [1.54, 1.807) is 30.5 Å². The Balaban J connectivity index is 1.73. The molecule has 2 aromatic heterocycles. The fourth-order valence-corrected chi connectivity index (χ4v) is 2.79. The number of nitrogens with zero attached hydrogens (tertiary/aromatic N) is 3. The summed E-state index contributed by atoms with van der Waals surface area (Å²) < 4.78 is 2.10. The van der Waals surface area contributed by atoms with Crippen LogP contribution in [0.1, 0.15) is 0 Å². The number of hydrogen-bond acceptors (Lipinski definition) is 4. The number of benzene rings is 2. The molecule has 0 saturated carbocycles. The molecule has 2 aromatic carbocycles. The van der Waals surface area contributed by atoms with Crippen molar-refractivity contribution in [3.8, 4) is 17.0 Å². The Bertz CT molecular complexity index is 1010. The number of phenolic OH excluding ortho intramolecular Hbond substituents is 1. The fraction of sp³-hybridized carbons (Fsp3) is 0.0526. The molecule has 2 N–H and O–H groups in total. The first kappa shape index (κ1) is 14.3. The first-order valence-electron chi connectivity index (χ1n) is 7.64. The lowest BCUT2D eigenvalue weighted by molar-refractivity contribution is 0.475. The quantitative estimate of drug-likeness (QED) is 0.559. The van der Waals surface area contributed by atoms with Gasteiger partial charge in [-0.2, -0.15) is 0 Å². The highest BCUT2D eigenvalue weighted by atomic mass is 16.3. The predicted octanol–water partition coefficient (Wildman–Crippen LogP) is 4.08. The molecule has 4 rings (SSSR count). The number of para-hydroxylation sites is 1. The van der Waals surface area contributed by atoms with E-state index in [2.05, 4.69) is 38.2 Å². The molecule has 5 nitrogen and oxygen atoms in total. The Hall–Kier alpha value is -3.34. The Labute approximate surface area is 139 Å². The number of hydrogen-bond donors (Lipinski definition) is 2. The van der Waals surface area contributed by atoms with Gasteiger partial charge in [0.1, 0.15) is 5.75 Å². The van der Waals surface area contributed by atoms with Crippen molar-refractivity contribution in [3.05, 3.63) is 67.0 Å². The van der Waals surface area contributed by atoms with Gasteiger partial charge in [-0.05, 0) is 36.4 Å². The van der Waals surface area contributed by atoms with Crippen LogP contribution in [0, 0.1) is 0 Å². The normalized spacial score (nSPS) is 10.9. The van der Waals surface area contributed by atoms with Crippen LogP contribution in [0.15, 0.2) is 67.0 Å². The van der Waals surface area contributed by atoms with E-state index in [4.69, 9.17) is 0 Å². The van der Waals surface area contributed by atoms with E-state index in [9.17, 15) is 5.11 Å². The van der Waals surface area contributed by atoms with E-state index < -0.39 is 0 Å². The number of aryl methyl sites for hydroxylation is 1. The standard InChI is InChI=1S/C19H16N4O/c1-23-12-16(15-4-2-3-5-18(15)23)17-10-11-20-19(22-17)21-13-6-8-14(24)9-7-13/h2-12,24H,1H3,(H,20,21,22). The highest BCUT2D eigenvalue weighted by Gasteiger charge is 2.10. The fourth-order valence-electron chi connectivity index (χ4n) is 2.79. The van der Waals surface area contributed by atoms with Crippen molar-refractivity contribution in [2.75, 3.05) is 5.32 Å². The van der Waals surface area contributed by atoms with E-state index in [0.29, 0.717) is 5.95 Å². The number of rotatable bonds is 3. The second kappa shape index (κ2) is 5.70. The van der Waals surface area contributed by atoms with Gasteiger partial charge in [0.25, 0.3) is 0 Å². The minimum absolute atomic E-state index is 0.228. The van der Waals surface area contributed by atoms with Gasteiger partial charge in [0, 0.05) is 41.6 Å². The van der Waals surface area contributed by atoms with Crippen molar-refractivity contribution in [1.29, 1.82) is 0 Å². The summed E-state index contributed by atoms with van der Waals surface area (Å²) >= 11 is 0. The van der Waals surface area contributed by atoms with E-state index in [1.807, 2.05) is 25.2 Å². The first-order chi connectivity index (χ1) is 11.7. The van der Waals surface area contributed by atoms with Crippen LogP contribution in [-0.2, 0) is 7.05 Å². The minimum Gasteiger partial charge on any atom is -0.508 e. The molecule has 0 aliphatic carbocycles. The maximum absolute atomic E-state index is 9.36. The largest absolute Gasteiger partial charge is 0.508 e. The number of aromatic hydroxyl groups is 1. The summed E-state index contributed by atoms with van der Waals surface area (Å²) in [6.07, 6.45) is 3.82. The van der Waals surface area contributed by atoms with Gasteiger partial charge in [-0.25, -0.2) is 9.97 Å². The molecule has 24 heavy (non-hydrogen) atoms. The molecule has 0 aliphatic rings. The lowest BCUT2D eigenvalue weighted by Crippen LogP contribution is -1.97. The molecule has 118 valence electrons. The van der Waals surface area contributed by atoms with E-state index in [0.717, 1.165) is 22.3 Å². The van der Waals surface area contributed by atoms with Gasteiger partial charge in [0.15, 0.2) is 0 Å². The Kier molecular flexibility index (Phi) is 3.39. The number of phenols is 1. The number of nitrogens with one attached hydrogen (secondary N) is 1. The molecular weight excluding hydrogens is 300 g/mol. The monoisotopic (exact) mass is 316 g/mol. The van der Waals surface area contributed by atoms with Crippen LogP contribution in [-0.4, -0.2) is 19.6 Å². The molecule has 0 saturated heterocycles. The molecule has 4 aromatic rings. The van der Waals surface area contributed by atoms with Crippen molar-refractivity contribution in [2.45, 2.75) is 0 Å². The van der Waals surface area contributed by atoms with Crippen molar-refractivity contribution in [3.63, 3.8) is 0 Å². The van der Waals surface area contributed by atoms with Gasteiger partial charge < -0.3 is 15.0 Å². The molecule has 0 bridgehead atoms. The summed E-state index contributed by atoms with van der Waals surface area (Å²) in [5, 5.41) is 13.7. The van der Waals surface area contributed by atoms with Crippen LogP contribution in [0.3, 0.4) is 0 Å². The zero-order chi connectivity index (χ0) is 16.5. The number of aromatic nitrogens is 3. The summed E-state index contributed by atoms with van der Waals surface area (Å²) in [5.74, 6) is 0.747. The molecule has 0 amide bonds. The van der Waals surface area contributed by atoms with Gasteiger partial charge >= 0.3 is 0 Å². The molecule has 0 aliphatic heterocycles. The average Bonchev–Trinajstić information content (AvgIpc) is 2.95. The Morgan fingerprint density at radius 1 is 1.00 bits per heavy atom. The van der Waals surface area contributed by atoms with E-state index in [-0.39, 0.29) is 5.75 Å². The zero-order valence-corrected chi connectivity index (χ0v) is 13.1. The second-order valence-electron chi connectivity index (χ2n) is 5.61. The predicted molar refractivity (Wildman–Crippen MR) is 95.3 cm³/mol. The topological polar surface area (TPSA) is 63.0 Å². The van der Waals surface area contributed by atoms with E-state index >= 15 is 0 Å². The van der Waals surface area contributed by atoms with Crippen LogP contribution < -0.4 is 5.32 Å². The molecule has 0 fully saturated rings. The second-order valence-corrected chi connectivity index (χ2v) is 5.61. The van der Waals surface area contributed by atoms with Gasteiger partial charge in [0.2, 0.25) is 5.95 Å². The average molecular weight is 316 g/mol. The molecule has 0 spiro atoms. The molecular formula is C19H16N4O. The van der Waals surface area contributed by atoms with Gasteiger partial charge in [-0.1, -0.05) is 18.2 Å². The lowest BCUT2D eigenvalue weighted by Gasteiger charge is -2.06. The summed E-state index contributed by atoms with van der Waals surface area (Å²) in [4.78, 5) is 8.90.